The highest BCUT2D eigenvalue weighted by molar-refractivity contribution is 6.48. The minimum absolute atomic E-state index is 0.116. The average Bonchev–Trinajstić information content (AvgIpc) is 2.44. The van der Waals surface area contributed by atoms with Gasteiger partial charge in [0.2, 0.25) is 5.84 Å². The number of hydrogen-bond acceptors (Lipinski definition) is 5. The fourth-order valence-corrected chi connectivity index (χ4v) is 1.91. The standard InChI is InChI=1S/C13H13Cl3N2O4/c1-3-21-12(19)11(18-13(20)22-4-2)17-7-5-8(14)10(16)9(15)6-7/h5-6H,3-4H2,1-2H3,(H,17,18,20). The Bertz CT molecular complexity index is 582. The largest absolute Gasteiger partial charge is 0.460 e. The van der Waals surface area contributed by atoms with Crippen LogP contribution in [0.1, 0.15) is 13.8 Å². The van der Waals surface area contributed by atoms with E-state index in [1.807, 2.05) is 0 Å². The molecule has 6 nitrogen and oxygen atoms in total. The van der Waals surface area contributed by atoms with Crippen molar-refractivity contribution in [2.24, 2.45) is 4.99 Å². The van der Waals surface area contributed by atoms with E-state index in [4.69, 9.17) is 44.3 Å². The van der Waals surface area contributed by atoms with Crippen LogP contribution < -0.4 is 5.32 Å². The van der Waals surface area contributed by atoms with Gasteiger partial charge in [0.15, 0.2) is 0 Å². The van der Waals surface area contributed by atoms with Crippen LogP contribution >= 0.6 is 34.8 Å². The minimum atomic E-state index is -0.833. The number of aliphatic imine (C=N–C) groups is 1. The zero-order chi connectivity index (χ0) is 16.7. The second kappa shape index (κ2) is 8.82. The van der Waals surface area contributed by atoms with Gasteiger partial charge in [0.25, 0.3) is 0 Å². The molecule has 1 rings (SSSR count). The lowest BCUT2D eigenvalue weighted by Gasteiger charge is -2.08. The lowest BCUT2D eigenvalue weighted by Crippen LogP contribution is -2.37. The van der Waals surface area contributed by atoms with Gasteiger partial charge in [-0.1, -0.05) is 34.8 Å². The maximum absolute atomic E-state index is 11.8. The molecular weight excluding hydrogens is 355 g/mol. The summed E-state index contributed by atoms with van der Waals surface area (Å²) < 4.78 is 9.50. The fraction of sp³-hybridized carbons (Fsp3) is 0.308. The predicted octanol–water partition coefficient (Wildman–Crippen LogP) is 3.99. The van der Waals surface area contributed by atoms with Crippen LogP contribution in [0.15, 0.2) is 17.1 Å². The summed E-state index contributed by atoms with van der Waals surface area (Å²) in [5.74, 6) is -1.17. The third-order valence-electron chi connectivity index (χ3n) is 2.17. The highest BCUT2D eigenvalue weighted by atomic mass is 35.5. The van der Waals surface area contributed by atoms with E-state index in [-0.39, 0.29) is 39.8 Å². The first-order valence-corrected chi connectivity index (χ1v) is 7.36. The number of hydrogen-bond donors (Lipinski definition) is 1. The van der Waals surface area contributed by atoms with Crippen LogP contribution in [0.3, 0.4) is 0 Å². The zero-order valence-electron chi connectivity index (χ0n) is 11.8. The van der Waals surface area contributed by atoms with Crippen molar-refractivity contribution in [3.8, 4) is 0 Å². The molecular formula is C13H13Cl3N2O4. The molecule has 0 atom stereocenters. The normalized spacial score (nSPS) is 11.0. The maximum Gasteiger partial charge on any atom is 0.412 e. The highest BCUT2D eigenvalue weighted by Gasteiger charge is 2.17. The van der Waals surface area contributed by atoms with Crippen LogP contribution in [0.5, 0.6) is 0 Å². The molecule has 0 saturated heterocycles. The number of amides is 1. The van der Waals surface area contributed by atoms with Gasteiger partial charge >= 0.3 is 12.1 Å². The second-order valence-corrected chi connectivity index (χ2v) is 4.94. The van der Waals surface area contributed by atoms with E-state index in [1.54, 1.807) is 13.8 Å². The van der Waals surface area contributed by atoms with Gasteiger partial charge in [-0.05, 0) is 26.0 Å². The van der Waals surface area contributed by atoms with E-state index in [9.17, 15) is 9.59 Å². The molecule has 0 radical (unpaired) electrons. The molecule has 1 amide bonds. The van der Waals surface area contributed by atoms with Crippen molar-refractivity contribution in [3.05, 3.63) is 27.2 Å². The molecule has 0 fully saturated rings. The molecule has 1 aromatic rings. The predicted molar refractivity (Wildman–Crippen MR) is 85.4 cm³/mol. The summed E-state index contributed by atoms with van der Waals surface area (Å²) in [5.41, 5.74) is 0.222. The number of nitrogens with zero attached hydrogens (tertiary/aromatic N) is 1. The molecule has 1 N–H and O–H groups in total. The van der Waals surface area contributed by atoms with Crippen molar-refractivity contribution >= 4 is 58.4 Å². The van der Waals surface area contributed by atoms with Crippen molar-refractivity contribution in [2.45, 2.75) is 13.8 Å². The van der Waals surface area contributed by atoms with Crippen LogP contribution in [-0.2, 0) is 14.3 Å². The molecule has 0 unspecified atom stereocenters. The van der Waals surface area contributed by atoms with Crippen LogP contribution in [0, 0.1) is 0 Å². The van der Waals surface area contributed by atoms with Crippen LogP contribution in [0.25, 0.3) is 0 Å². The van der Waals surface area contributed by atoms with E-state index >= 15 is 0 Å². The number of esters is 1. The number of carbonyl (C=O) groups is 2. The summed E-state index contributed by atoms with van der Waals surface area (Å²) in [6.45, 7) is 3.50. The van der Waals surface area contributed by atoms with E-state index in [1.165, 1.54) is 12.1 Å². The van der Waals surface area contributed by atoms with Gasteiger partial charge in [0.05, 0.1) is 34.0 Å². The molecule has 120 valence electrons. The van der Waals surface area contributed by atoms with Gasteiger partial charge < -0.3 is 9.47 Å². The summed E-state index contributed by atoms with van der Waals surface area (Å²) in [6.07, 6.45) is -0.833. The lowest BCUT2D eigenvalue weighted by atomic mass is 10.3. The Kier molecular flexibility index (Phi) is 7.44. The molecule has 0 spiro atoms. The SMILES string of the molecule is CCOC(=O)NC(=Nc1cc(Cl)c(Cl)c(Cl)c1)C(=O)OCC. The third-order valence-corrected chi connectivity index (χ3v) is 3.37. The number of alkyl carbamates (subject to hydrolysis) is 1. The van der Waals surface area contributed by atoms with Gasteiger partial charge in [-0.2, -0.15) is 0 Å². The molecule has 0 aromatic heterocycles. The Balaban J connectivity index is 3.14. The molecule has 0 aliphatic heterocycles. The minimum Gasteiger partial charge on any atom is -0.460 e. The Labute approximate surface area is 142 Å². The number of amidine groups is 1. The van der Waals surface area contributed by atoms with Crippen LogP contribution in [0.2, 0.25) is 15.1 Å². The van der Waals surface area contributed by atoms with E-state index in [2.05, 4.69) is 10.3 Å². The molecule has 1 aromatic carbocycles. The van der Waals surface area contributed by atoms with Gasteiger partial charge in [-0.25, -0.2) is 14.6 Å². The third kappa shape index (κ3) is 5.36. The topological polar surface area (TPSA) is 77.0 Å². The molecule has 0 heterocycles. The zero-order valence-corrected chi connectivity index (χ0v) is 14.1. The Morgan fingerprint density at radius 3 is 2.14 bits per heavy atom. The Morgan fingerprint density at radius 2 is 1.64 bits per heavy atom. The summed E-state index contributed by atoms with van der Waals surface area (Å²) in [7, 11) is 0. The van der Waals surface area contributed by atoms with Gasteiger partial charge in [0.1, 0.15) is 0 Å². The number of ether oxygens (including phenoxy) is 2. The number of benzene rings is 1. The van der Waals surface area contributed by atoms with E-state index in [0.29, 0.717) is 0 Å². The monoisotopic (exact) mass is 366 g/mol. The second-order valence-electron chi connectivity index (χ2n) is 3.75. The summed E-state index contributed by atoms with van der Waals surface area (Å²) >= 11 is 17.6. The number of carbonyl (C=O) groups excluding carboxylic acids is 2. The first-order chi connectivity index (χ1) is 10.4. The molecule has 0 aliphatic rings. The van der Waals surface area contributed by atoms with Gasteiger partial charge in [-0.15, -0.1) is 0 Å². The van der Waals surface area contributed by atoms with Crippen LogP contribution in [0.4, 0.5) is 10.5 Å². The maximum atomic E-state index is 11.8. The van der Waals surface area contributed by atoms with Crippen molar-refractivity contribution < 1.29 is 19.1 Å². The molecule has 22 heavy (non-hydrogen) atoms. The quantitative estimate of drug-likeness (QED) is 0.379. The van der Waals surface area contributed by atoms with Crippen molar-refractivity contribution in [1.29, 1.82) is 0 Å². The van der Waals surface area contributed by atoms with Crippen molar-refractivity contribution in [2.75, 3.05) is 13.2 Å². The van der Waals surface area contributed by atoms with Crippen LogP contribution in [-0.4, -0.2) is 31.1 Å². The summed E-state index contributed by atoms with van der Waals surface area (Å²) in [4.78, 5) is 27.2. The molecule has 0 saturated carbocycles. The Morgan fingerprint density at radius 1 is 1.09 bits per heavy atom. The fourth-order valence-electron chi connectivity index (χ4n) is 1.32. The van der Waals surface area contributed by atoms with Gasteiger partial charge in [0, 0.05) is 0 Å². The number of nitrogens with one attached hydrogen (secondary N) is 1. The number of rotatable bonds is 3. The first-order valence-electron chi connectivity index (χ1n) is 6.23. The molecule has 0 aliphatic carbocycles. The summed E-state index contributed by atoms with van der Waals surface area (Å²) in [5, 5.41) is 2.68. The number of halogens is 3. The smallest absolute Gasteiger partial charge is 0.412 e. The van der Waals surface area contributed by atoms with E-state index in [0.717, 1.165) is 0 Å². The molecule has 0 bridgehead atoms. The van der Waals surface area contributed by atoms with E-state index < -0.39 is 12.1 Å². The molecule has 9 heteroatoms. The highest BCUT2D eigenvalue weighted by Crippen LogP contribution is 2.34. The average molecular weight is 368 g/mol. The first kappa shape index (κ1) is 18.5. The Hall–Kier alpha value is -1.50. The summed E-state index contributed by atoms with van der Waals surface area (Å²) in [6, 6.07) is 2.78. The lowest BCUT2D eigenvalue weighted by molar-refractivity contribution is -0.135. The van der Waals surface area contributed by atoms with Crippen molar-refractivity contribution in [3.63, 3.8) is 0 Å². The van der Waals surface area contributed by atoms with Gasteiger partial charge in [-0.3, -0.25) is 5.32 Å². The van der Waals surface area contributed by atoms with Crippen molar-refractivity contribution in [1.82, 2.24) is 5.32 Å².